The first-order valence-electron chi connectivity index (χ1n) is 10.5. The van der Waals surface area contributed by atoms with Crippen LogP contribution in [-0.2, 0) is 18.6 Å². The number of carbonyl (C=O) groups is 1. The lowest BCUT2D eigenvalue weighted by Gasteiger charge is -2.29. The molecule has 3 aromatic rings. The highest BCUT2D eigenvalue weighted by molar-refractivity contribution is 7.52. The molecule has 5 N–H and O–H groups in total. The van der Waals surface area contributed by atoms with Gasteiger partial charge in [-0.3, -0.25) is 13.9 Å². The fourth-order valence-corrected chi connectivity index (χ4v) is 5.05. The minimum Gasteiger partial charge on any atom is -0.480 e. The Morgan fingerprint density at radius 1 is 1.47 bits per heavy atom. The zero-order valence-corrected chi connectivity index (χ0v) is 19.7. The number of terminal acetylenes is 1. The summed E-state index contributed by atoms with van der Waals surface area (Å²) in [6.45, 7) is 0.597. The number of hydrogen-bond donors (Lipinski definition) is 4. The van der Waals surface area contributed by atoms with Crippen LogP contribution in [0, 0.1) is 18.4 Å². The molecule has 1 saturated heterocycles. The second-order valence-electron chi connectivity index (χ2n) is 7.92. The number of aromatic nitrogens is 4. The number of nitrogen functional groups attached to an aromatic ring is 1. The van der Waals surface area contributed by atoms with Crippen LogP contribution in [0.1, 0.15) is 19.6 Å². The van der Waals surface area contributed by atoms with Crippen molar-refractivity contribution in [2.24, 2.45) is 0 Å². The zero-order chi connectivity index (χ0) is 26.1. The zero-order valence-electron chi connectivity index (χ0n) is 18.8. The Bertz CT molecular complexity index is 1370. The molecule has 1 fully saturated rings. The number of carboxylic acid groups (broad SMARTS) is 1. The maximum atomic E-state index is 13.7. The second kappa shape index (κ2) is 9.81. The Balaban J connectivity index is 1.58. The van der Waals surface area contributed by atoms with E-state index in [1.807, 2.05) is 0 Å². The number of aliphatic hydroxyl groups is 1. The third kappa shape index (κ3) is 5.01. The first-order chi connectivity index (χ1) is 17.1. The highest BCUT2D eigenvalue weighted by atomic mass is 31.2. The summed E-state index contributed by atoms with van der Waals surface area (Å²) >= 11 is 0. The summed E-state index contributed by atoms with van der Waals surface area (Å²) in [5.74, 6) is 0.967. The monoisotopic (exact) mass is 520 g/mol. The van der Waals surface area contributed by atoms with Crippen molar-refractivity contribution in [3.05, 3.63) is 42.7 Å². The topological polar surface area (TPSA) is 184 Å². The number of benzene rings is 1. The van der Waals surface area contributed by atoms with E-state index in [1.54, 1.807) is 18.2 Å². The number of nitrogens with one attached hydrogen (secondary N) is 1. The van der Waals surface area contributed by atoms with E-state index in [2.05, 4.69) is 26.0 Å². The molecule has 13 nitrogen and oxygen atoms in total. The molecule has 0 bridgehead atoms. The Kier molecular flexibility index (Phi) is 6.94. The van der Waals surface area contributed by atoms with Crippen LogP contribution in [0.4, 0.5) is 10.2 Å². The number of nitrogens with two attached hydrogens (primary N) is 1. The molecule has 36 heavy (non-hydrogen) atoms. The van der Waals surface area contributed by atoms with Gasteiger partial charge in [-0.25, -0.2) is 9.55 Å². The first kappa shape index (κ1) is 25.5. The van der Waals surface area contributed by atoms with Gasteiger partial charge in [-0.1, -0.05) is 24.1 Å². The Labute approximate surface area is 204 Å². The number of imidazole rings is 1. The molecule has 4 rings (SSSR count). The number of rotatable bonds is 9. The van der Waals surface area contributed by atoms with Crippen molar-refractivity contribution in [2.45, 2.75) is 37.3 Å². The van der Waals surface area contributed by atoms with E-state index < -0.39 is 50.4 Å². The number of ether oxygens (including phenoxy) is 1. The Morgan fingerprint density at radius 2 is 2.19 bits per heavy atom. The van der Waals surface area contributed by atoms with Gasteiger partial charge in [0.25, 0.3) is 0 Å². The lowest BCUT2D eigenvalue weighted by molar-refractivity contribution is -0.138. The molecule has 1 aliphatic rings. The maximum Gasteiger partial charge on any atom is 0.459 e. The quantitative estimate of drug-likeness (QED) is 0.181. The van der Waals surface area contributed by atoms with Gasteiger partial charge in [0.15, 0.2) is 22.6 Å². The van der Waals surface area contributed by atoms with E-state index in [0.717, 1.165) is 0 Å². The van der Waals surface area contributed by atoms with Crippen LogP contribution >= 0.6 is 7.75 Å². The molecule has 0 radical (unpaired) electrons. The van der Waals surface area contributed by atoms with Crippen LogP contribution in [0.5, 0.6) is 5.75 Å². The molecule has 15 heteroatoms. The van der Waals surface area contributed by atoms with Gasteiger partial charge in [-0.2, -0.15) is 19.4 Å². The summed E-state index contributed by atoms with van der Waals surface area (Å²) in [5, 5.41) is 22.4. The molecule has 0 amide bonds. The van der Waals surface area contributed by atoms with Crippen LogP contribution in [0.3, 0.4) is 0 Å². The van der Waals surface area contributed by atoms with Crippen LogP contribution in [-0.4, -0.2) is 60.1 Å². The van der Waals surface area contributed by atoms with E-state index in [4.69, 9.17) is 25.9 Å². The lowest BCUT2D eigenvalue weighted by Crippen LogP contribution is -2.43. The summed E-state index contributed by atoms with van der Waals surface area (Å²) in [7, 11) is -4.34. The standard InChI is InChI=1S/C21H22FN6O7P/c1-3-21(10-33-36(32,27-12(2)19(30)31)35-13-7-5-4-6-8-13)14(29)9-15(34-21)28-11-24-16-17(23)25-20(22)26-18(16)28/h1,4-8,11-12,14-15,29H,9-10H2,2H3,(H,27,32)(H,30,31)(H2,23,25,26)/t12?,14-,15+,21+,36-/m0/s1. The molecule has 1 unspecified atom stereocenters. The van der Waals surface area contributed by atoms with E-state index in [9.17, 15) is 24.0 Å². The highest BCUT2D eigenvalue weighted by Crippen LogP contribution is 2.47. The molecular formula is C21H22FN6O7P. The molecular weight excluding hydrogens is 498 g/mol. The van der Waals surface area contributed by atoms with E-state index in [1.165, 1.54) is 30.0 Å². The number of carboxylic acids is 1. The minimum absolute atomic E-state index is 0.0148. The third-order valence-corrected chi connectivity index (χ3v) is 7.05. The average molecular weight is 520 g/mol. The number of para-hydroxylation sites is 1. The highest BCUT2D eigenvalue weighted by Gasteiger charge is 2.50. The SMILES string of the molecule is C#C[C@]1(CO[P@@](=O)(NC(C)C(=O)O)Oc2ccccc2)O[C@@H](n2cnc3c(N)nc(F)nc32)C[C@@H]1O. The van der Waals surface area contributed by atoms with Crippen LogP contribution in [0.2, 0.25) is 0 Å². The van der Waals surface area contributed by atoms with Gasteiger partial charge in [-0.15, -0.1) is 6.42 Å². The normalized spacial score (nSPS) is 24.2. The first-order valence-corrected chi connectivity index (χ1v) is 12.1. The van der Waals surface area contributed by atoms with Crippen molar-refractivity contribution < 1.29 is 37.7 Å². The molecule has 190 valence electrons. The number of hydrogen-bond acceptors (Lipinski definition) is 10. The molecule has 0 saturated carbocycles. The molecule has 1 aromatic carbocycles. The van der Waals surface area contributed by atoms with Crippen molar-refractivity contribution in [1.29, 1.82) is 0 Å². The summed E-state index contributed by atoms with van der Waals surface area (Å²) < 4.78 is 45.4. The number of fused-ring (bicyclic) bond motifs is 1. The molecule has 0 spiro atoms. The summed E-state index contributed by atoms with van der Waals surface area (Å²) in [5.41, 5.74) is 4.00. The van der Waals surface area contributed by atoms with Crippen LogP contribution in [0.15, 0.2) is 36.7 Å². The fourth-order valence-electron chi connectivity index (χ4n) is 3.53. The van der Waals surface area contributed by atoms with Crippen molar-refractivity contribution in [2.75, 3.05) is 12.3 Å². The van der Waals surface area contributed by atoms with Crippen molar-refractivity contribution in [3.63, 3.8) is 0 Å². The summed E-state index contributed by atoms with van der Waals surface area (Å²) in [6, 6.07) is 6.60. The van der Waals surface area contributed by atoms with Crippen LogP contribution in [0.25, 0.3) is 11.2 Å². The van der Waals surface area contributed by atoms with Crippen molar-refractivity contribution in [3.8, 4) is 18.1 Å². The minimum atomic E-state index is -4.34. The third-order valence-electron chi connectivity index (χ3n) is 5.43. The molecule has 0 aliphatic carbocycles. The van der Waals surface area contributed by atoms with Crippen LogP contribution < -0.4 is 15.3 Å². The van der Waals surface area contributed by atoms with Gasteiger partial charge < -0.3 is 25.2 Å². The van der Waals surface area contributed by atoms with Gasteiger partial charge in [0, 0.05) is 6.42 Å². The molecule has 1 aliphatic heterocycles. The van der Waals surface area contributed by atoms with Gasteiger partial charge in [0.2, 0.25) is 0 Å². The fraction of sp³-hybridized carbons (Fsp3) is 0.333. The average Bonchev–Trinajstić information content (AvgIpc) is 3.39. The Hall–Kier alpha value is -3.60. The number of halogens is 1. The largest absolute Gasteiger partial charge is 0.480 e. The predicted molar refractivity (Wildman–Crippen MR) is 123 cm³/mol. The molecule has 3 heterocycles. The number of aliphatic carboxylic acids is 1. The lowest BCUT2D eigenvalue weighted by atomic mass is 9.99. The molecule has 2 aromatic heterocycles. The summed E-state index contributed by atoms with van der Waals surface area (Å²) in [4.78, 5) is 22.5. The van der Waals surface area contributed by atoms with Crippen molar-refractivity contribution >= 4 is 30.7 Å². The number of nitrogens with zero attached hydrogens (tertiary/aromatic N) is 4. The van der Waals surface area contributed by atoms with Gasteiger partial charge in [0.05, 0.1) is 6.33 Å². The number of aliphatic hydroxyl groups excluding tert-OH is 1. The van der Waals surface area contributed by atoms with Gasteiger partial charge in [-0.05, 0) is 19.1 Å². The second-order valence-corrected chi connectivity index (χ2v) is 9.62. The van der Waals surface area contributed by atoms with E-state index in [0.29, 0.717) is 0 Å². The van der Waals surface area contributed by atoms with E-state index in [-0.39, 0.29) is 29.2 Å². The number of anilines is 1. The molecule has 5 atom stereocenters. The smallest absolute Gasteiger partial charge is 0.459 e. The predicted octanol–water partition coefficient (Wildman–Crippen LogP) is 1.47. The maximum absolute atomic E-state index is 13.7. The van der Waals surface area contributed by atoms with E-state index >= 15 is 0 Å². The Morgan fingerprint density at radius 3 is 2.86 bits per heavy atom. The summed E-state index contributed by atoms with van der Waals surface area (Å²) in [6.07, 6.45) is 3.47. The van der Waals surface area contributed by atoms with Gasteiger partial charge in [0.1, 0.15) is 30.7 Å². The van der Waals surface area contributed by atoms with Gasteiger partial charge >= 0.3 is 19.8 Å². The van der Waals surface area contributed by atoms with Crippen molar-refractivity contribution in [1.82, 2.24) is 24.6 Å².